The van der Waals surface area contributed by atoms with Crippen LogP contribution in [0.15, 0.2) is 53.6 Å². The third kappa shape index (κ3) is 4.54. The molecule has 2 aromatic rings. The molecule has 1 aromatic carbocycles. The molecule has 0 unspecified atom stereocenters. The van der Waals surface area contributed by atoms with Gasteiger partial charge in [0, 0.05) is 38.9 Å². The van der Waals surface area contributed by atoms with Crippen LogP contribution in [-0.2, 0) is 20.0 Å². The zero-order valence-corrected chi connectivity index (χ0v) is 18.2. The summed E-state index contributed by atoms with van der Waals surface area (Å²) in [6, 6.07) is 12.2. The maximum atomic E-state index is 13.0. The van der Waals surface area contributed by atoms with E-state index in [4.69, 9.17) is 0 Å². The van der Waals surface area contributed by atoms with Gasteiger partial charge in [0.1, 0.15) is 10.7 Å². The molecule has 1 fully saturated rings. The van der Waals surface area contributed by atoms with E-state index in [0.717, 1.165) is 0 Å². The molecule has 10 heteroatoms. The number of piperazine rings is 1. The van der Waals surface area contributed by atoms with Gasteiger partial charge in [-0.15, -0.1) is 0 Å². The summed E-state index contributed by atoms with van der Waals surface area (Å²) >= 11 is 0. The van der Waals surface area contributed by atoms with Crippen molar-refractivity contribution in [2.24, 2.45) is 0 Å². The van der Waals surface area contributed by atoms with Crippen molar-refractivity contribution in [2.45, 2.75) is 18.7 Å². The van der Waals surface area contributed by atoms with Crippen LogP contribution in [0.2, 0.25) is 0 Å². The molecule has 0 amide bonds. The molecular formula is C19H26N4O4S2. The number of para-hydroxylation sites is 1. The first-order valence-corrected chi connectivity index (χ1v) is 12.6. The molecule has 8 nitrogen and oxygen atoms in total. The minimum absolute atomic E-state index is 0.0904. The van der Waals surface area contributed by atoms with Gasteiger partial charge in [0.2, 0.25) is 10.0 Å². The van der Waals surface area contributed by atoms with Crippen molar-refractivity contribution in [2.75, 3.05) is 47.7 Å². The van der Waals surface area contributed by atoms with Crippen LogP contribution in [0.25, 0.3) is 0 Å². The Morgan fingerprint density at radius 2 is 1.59 bits per heavy atom. The number of rotatable bonds is 7. The lowest BCUT2D eigenvalue weighted by Crippen LogP contribution is -2.49. The first-order valence-electron chi connectivity index (χ1n) is 9.56. The van der Waals surface area contributed by atoms with Crippen LogP contribution in [0.5, 0.6) is 0 Å². The second-order valence-corrected chi connectivity index (χ2v) is 10.8. The van der Waals surface area contributed by atoms with E-state index >= 15 is 0 Å². The van der Waals surface area contributed by atoms with Gasteiger partial charge in [-0.05, 0) is 38.1 Å². The summed E-state index contributed by atoms with van der Waals surface area (Å²) in [6.07, 6.45) is 1.37. The van der Waals surface area contributed by atoms with Gasteiger partial charge in [-0.1, -0.05) is 18.2 Å². The van der Waals surface area contributed by atoms with Crippen LogP contribution in [-0.4, -0.2) is 64.6 Å². The fourth-order valence-electron chi connectivity index (χ4n) is 3.30. The first-order chi connectivity index (χ1) is 13.8. The number of aromatic nitrogens is 1. The Balaban J connectivity index is 1.75. The van der Waals surface area contributed by atoms with Crippen molar-refractivity contribution in [1.82, 2.24) is 9.29 Å². The van der Waals surface area contributed by atoms with E-state index in [2.05, 4.69) is 4.98 Å². The SMILES string of the molecule is CCN(c1ccccc1)S(=O)(=O)c1ccc(N2CCN(S(=O)(=O)CC)CC2)nc1. The molecule has 0 aliphatic carbocycles. The van der Waals surface area contributed by atoms with E-state index in [-0.39, 0.29) is 10.6 Å². The van der Waals surface area contributed by atoms with Crippen LogP contribution in [0.3, 0.4) is 0 Å². The van der Waals surface area contributed by atoms with E-state index in [0.29, 0.717) is 44.2 Å². The van der Waals surface area contributed by atoms with Crippen LogP contribution < -0.4 is 9.21 Å². The monoisotopic (exact) mass is 438 g/mol. The predicted molar refractivity (Wildman–Crippen MR) is 114 cm³/mol. The van der Waals surface area contributed by atoms with Crippen LogP contribution in [0.4, 0.5) is 11.5 Å². The molecule has 0 N–H and O–H groups in total. The first kappa shape index (κ1) is 21.5. The maximum absolute atomic E-state index is 13.0. The third-order valence-electron chi connectivity index (χ3n) is 4.96. The van der Waals surface area contributed by atoms with Gasteiger partial charge in [0.25, 0.3) is 10.0 Å². The Bertz CT molecular complexity index is 1020. The number of hydrogen-bond acceptors (Lipinski definition) is 6. The lowest BCUT2D eigenvalue weighted by atomic mass is 10.3. The maximum Gasteiger partial charge on any atom is 0.265 e. The highest BCUT2D eigenvalue weighted by Gasteiger charge is 2.27. The quantitative estimate of drug-likeness (QED) is 0.654. The van der Waals surface area contributed by atoms with Crippen LogP contribution >= 0.6 is 0 Å². The molecule has 1 aromatic heterocycles. The van der Waals surface area contributed by atoms with Gasteiger partial charge in [-0.25, -0.2) is 21.8 Å². The summed E-state index contributed by atoms with van der Waals surface area (Å²) in [7, 11) is -6.91. The Kier molecular flexibility index (Phi) is 6.45. The Hall–Kier alpha value is -2.17. The second-order valence-electron chi connectivity index (χ2n) is 6.64. The molecular weight excluding hydrogens is 412 g/mol. The van der Waals surface area contributed by atoms with Gasteiger partial charge in [0.15, 0.2) is 0 Å². The molecule has 29 heavy (non-hydrogen) atoms. The van der Waals surface area contributed by atoms with Crippen molar-refractivity contribution in [3.8, 4) is 0 Å². The zero-order valence-electron chi connectivity index (χ0n) is 16.6. The number of anilines is 2. The molecule has 158 valence electrons. The molecule has 2 heterocycles. The number of pyridine rings is 1. The third-order valence-corrected chi connectivity index (χ3v) is 8.73. The predicted octanol–water partition coefficient (Wildman–Crippen LogP) is 1.77. The summed E-state index contributed by atoms with van der Waals surface area (Å²) in [4.78, 5) is 6.43. The highest BCUT2D eigenvalue weighted by atomic mass is 32.2. The zero-order chi connectivity index (χ0) is 21.1. The van der Waals surface area contributed by atoms with Crippen molar-refractivity contribution in [3.05, 3.63) is 48.7 Å². The van der Waals surface area contributed by atoms with Crippen molar-refractivity contribution in [1.29, 1.82) is 0 Å². The van der Waals surface area contributed by atoms with Gasteiger partial charge in [-0.3, -0.25) is 4.31 Å². The van der Waals surface area contributed by atoms with Gasteiger partial charge in [-0.2, -0.15) is 4.31 Å². The molecule has 1 aliphatic rings. The van der Waals surface area contributed by atoms with E-state index in [9.17, 15) is 16.8 Å². The Labute approximate surface area is 172 Å². The van der Waals surface area contributed by atoms with Gasteiger partial charge >= 0.3 is 0 Å². The molecule has 1 saturated heterocycles. The second kappa shape index (κ2) is 8.68. The molecule has 0 spiro atoms. The molecule has 3 rings (SSSR count). The fraction of sp³-hybridized carbons (Fsp3) is 0.421. The van der Waals surface area contributed by atoms with Gasteiger partial charge in [0.05, 0.1) is 11.4 Å². The largest absolute Gasteiger partial charge is 0.354 e. The summed E-state index contributed by atoms with van der Waals surface area (Å²) in [5.74, 6) is 0.730. The Morgan fingerprint density at radius 1 is 0.931 bits per heavy atom. The van der Waals surface area contributed by atoms with Crippen LogP contribution in [0, 0.1) is 0 Å². The van der Waals surface area contributed by atoms with E-state index < -0.39 is 20.0 Å². The standard InChI is InChI=1S/C19H26N4O4S2/c1-3-23(17-8-6-5-7-9-17)29(26,27)18-10-11-19(20-16-18)21-12-14-22(15-13-21)28(24,25)4-2/h5-11,16H,3-4,12-15H2,1-2H3. The summed E-state index contributed by atoms with van der Waals surface area (Å²) in [5, 5.41) is 0. The minimum atomic E-state index is -3.72. The minimum Gasteiger partial charge on any atom is -0.354 e. The highest BCUT2D eigenvalue weighted by molar-refractivity contribution is 7.92. The number of hydrogen-bond donors (Lipinski definition) is 0. The van der Waals surface area contributed by atoms with Crippen molar-refractivity contribution >= 4 is 31.6 Å². The fourth-order valence-corrected chi connectivity index (χ4v) is 5.81. The van der Waals surface area contributed by atoms with Crippen LogP contribution in [0.1, 0.15) is 13.8 Å². The lowest BCUT2D eigenvalue weighted by Gasteiger charge is -2.34. The molecule has 0 radical (unpaired) electrons. The number of sulfonamides is 2. The number of nitrogens with zero attached hydrogens (tertiary/aromatic N) is 4. The molecule has 0 saturated carbocycles. The average Bonchev–Trinajstić information content (AvgIpc) is 2.75. The van der Waals surface area contributed by atoms with Gasteiger partial charge < -0.3 is 4.90 Å². The summed E-state index contributed by atoms with van der Waals surface area (Å²) < 4.78 is 52.9. The highest BCUT2D eigenvalue weighted by Crippen LogP contribution is 2.24. The van der Waals surface area contributed by atoms with Crippen molar-refractivity contribution in [3.63, 3.8) is 0 Å². The van der Waals surface area contributed by atoms with E-state index in [1.807, 2.05) is 11.0 Å². The normalized spacial score (nSPS) is 16.0. The van der Waals surface area contributed by atoms with Crippen molar-refractivity contribution < 1.29 is 16.8 Å². The smallest absolute Gasteiger partial charge is 0.265 e. The van der Waals surface area contributed by atoms with E-state index in [1.54, 1.807) is 50.2 Å². The summed E-state index contributed by atoms with van der Waals surface area (Å²) in [5.41, 5.74) is 0.604. The topological polar surface area (TPSA) is 90.9 Å². The Morgan fingerprint density at radius 3 is 2.10 bits per heavy atom. The summed E-state index contributed by atoms with van der Waals surface area (Å²) in [6.45, 7) is 5.56. The number of benzene rings is 1. The lowest BCUT2D eigenvalue weighted by molar-refractivity contribution is 0.384. The van der Waals surface area contributed by atoms with E-state index in [1.165, 1.54) is 14.8 Å². The molecule has 1 aliphatic heterocycles. The average molecular weight is 439 g/mol. The molecule has 0 atom stereocenters. The molecule has 0 bridgehead atoms.